The number of carbonyl (C=O) groups excluding carboxylic acids is 1. The van der Waals surface area contributed by atoms with Gasteiger partial charge >= 0.3 is 11.9 Å². The summed E-state index contributed by atoms with van der Waals surface area (Å²) in [5.74, 6) is -3.66. The Labute approximate surface area is 178 Å². The molecule has 5 N–H and O–H groups in total. The maximum Gasteiger partial charge on any atom is 0.340 e. The number of esters is 1. The molecule has 2 aromatic carbocycles. The van der Waals surface area contributed by atoms with Gasteiger partial charge in [-0.25, -0.2) is 18.4 Å². The average molecular weight is 551 g/mol. The number of ether oxygens (including phenoxy) is 1. The smallest absolute Gasteiger partial charge is 0.340 e. The van der Waals surface area contributed by atoms with Gasteiger partial charge in [0.1, 0.15) is 0 Å². The van der Waals surface area contributed by atoms with Crippen LogP contribution in [-0.4, -0.2) is 24.2 Å². The summed E-state index contributed by atoms with van der Waals surface area (Å²) in [6, 6.07) is 2.34. The molecule has 0 bridgehead atoms. The van der Waals surface area contributed by atoms with Crippen molar-refractivity contribution in [1.82, 2.24) is 0 Å². The quantitative estimate of drug-likeness (QED) is 0.271. The number of halogens is 6. The van der Waals surface area contributed by atoms with Crippen LogP contribution < -0.4 is 11.5 Å². The standard InChI is InChI=1S/C8H6BrClFNO2.C7H4BrClFNO2/c1-14-8(13)3-2-4(10)5(9)6(11)7(3)12;8-4-3(9)1-2(7(12)13)6(11)5(4)10/h2H,12H2,1H3;1H,11H2,(H,12,13). The van der Waals surface area contributed by atoms with Crippen LogP contribution >= 0.6 is 55.1 Å². The van der Waals surface area contributed by atoms with Crippen LogP contribution in [0.4, 0.5) is 20.2 Å². The fraction of sp³-hybridized carbons (Fsp3) is 0.0667. The molecule has 0 saturated carbocycles. The van der Waals surface area contributed by atoms with Crippen LogP contribution in [0, 0.1) is 11.6 Å². The minimum atomic E-state index is -1.31. The summed E-state index contributed by atoms with van der Waals surface area (Å²) in [5, 5.41) is 8.63. The number of rotatable bonds is 2. The predicted molar refractivity (Wildman–Crippen MR) is 105 cm³/mol. The summed E-state index contributed by atoms with van der Waals surface area (Å²) in [7, 11) is 1.18. The predicted octanol–water partition coefficient (Wildman–Crippen LogP) is 5.13. The van der Waals surface area contributed by atoms with E-state index in [1.165, 1.54) is 13.2 Å². The molecule has 0 aliphatic rings. The molecule has 0 aliphatic carbocycles. The van der Waals surface area contributed by atoms with Crippen molar-refractivity contribution < 1.29 is 28.2 Å². The minimum absolute atomic E-state index is 0.0240. The van der Waals surface area contributed by atoms with Crippen LogP contribution in [0.5, 0.6) is 0 Å². The fourth-order valence-electron chi connectivity index (χ4n) is 1.67. The number of anilines is 2. The Morgan fingerprint density at radius 1 is 1.00 bits per heavy atom. The van der Waals surface area contributed by atoms with E-state index in [9.17, 15) is 18.4 Å². The van der Waals surface area contributed by atoms with Gasteiger partial charge in [0, 0.05) is 0 Å². The number of hydrogen-bond acceptors (Lipinski definition) is 5. The highest BCUT2D eigenvalue weighted by Gasteiger charge is 2.19. The van der Waals surface area contributed by atoms with Crippen LogP contribution in [0.25, 0.3) is 0 Å². The van der Waals surface area contributed by atoms with Crippen molar-refractivity contribution >= 4 is 78.4 Å². The monoisotopic (exact) mass is 548 g/mol. The van der Waals surface area contributed by atoms with Gasteiger partial charge in [-0.1, -0.05) is 23.2 Å². The summed E-state index contributed by atoms with van der Waals surface area (Å²) in [5.41, 5.74) is 9.43. The molecule has 0 fully saturated rings. The summed E-state index contributed by atoms with van der Waals surface area (Å²) < 4.78 is 30.8. The van der Waals surface area contributed by atoms with Gasteiger partial charge in [0.2, 0.25) is 0 Å². The molecule has 2 rings (SSSR count). The van der Waals surface area contributed by atoms with E-state index in [1.807, 2.05) is 0 Å². The van der Waals surface area contributed by atoms with Crippen LogP contribution in [0.1, 0.15) is 20.7 Å². The number of carbonyl (C=O) groups is 2. The summed E-state index contributed by atoms with van der Waals surface area (Å²) in [6.45, 7) is 0. The summed E-state index contributed by atoms with van der Waals surface area (Å²) in [4.78, 5) is 21.6. The van der Waals surface area contributed by atoms with E-state index in [0.29, 0.717) is 0 Å². The lowest BCUT2D eigenvalue weighted by atomic mass is 10.2. The van der Waals surface area contributed by atoms with Gasteiger partial charge in [-0.3, -0.25) is 0 Å². The van der Waals surface area contributed by atoms with E-state index < -0.39 is 29.3 Å². The number of nitrogens with two attached hydrogens (primary N) is 2. The Bertz CT molecular complexity index is 930. The molecule has 0 heterocycles. The van der Waals surface area contributed by atoms with Crippen LogP contribution in [0.3, 0.4) is 0 Å². The fourth-order valence-corrected chi connectivity index (χ4v) is 2.71. The van der Waals surface area contributed by atoms with Crippen molar-refractivity contribution in [2.45, 2.75) is 0 Å². The number of methoxy groups -OCH3 is 1. The topological polar surface area (TPSA) is 116 Å². The van der Waals surface area contributed by atoms with Gasteiger partial charge in [0.15, 0.2) is 11.6 Å². The number of carboxylic acid groups (broad SMARTS) is 1. The highest BCUT2D eigenvalue weighted by atomic mass is 79.9. The third-order valence-corrected chi connectivity index (χ3v) is 5.64. The van der Waals surface area contributed by atoms with Crippen LogP contribution in [-0.2, 0) is 4.74 Å². The van der Waals surface area contributed by atoms with Gasteiger partial charge in [0.05, 0.1) is 48.6 Å². The lowest BCUT2D eigenvalue weighted by Crippen LogP contribution is -2.08. The van der Waals surface area contributed by atoms with Gasteiger partial charge < -0.3 is 21.3 Å². The van der Waals surface area contributed by atoms with E-state index in [0.717, 1.165) is 6.07 Å². The highest BCUT2D eigenvalue weighted by Crippen LogP contribution is 2.33. The third-order valence-electron chi connectivity index (χ3n) is 3.04. The Hall–Kier alpha value is -1.62. The first-order valence-electron chi connectivity index (χ1n) is 6.61. The second-order valence-electron chi connectivity index (χ2n) is 4.69. The zero-order chi connectivity index (χ0) is 21.0. The van der Waals surface area contributed by atoms with Crippen molar-refractivity contribution in [3.63, 3.8) is 0 Å². The first-order chi connectivity index (χ1) is 12.4. The van der Waals surface area contributed by atoms with Crippen molar-refractivity contribution in [3.05, 3.63) is 53.9 Å². The normalized spacial score (nSPS) is 10.0. The van der Waals surface area contributed by atoms with Gasteiger partial charge in [-0.2, -0.15) is 0 Å². The number of benzene rings is 2. The first-order valence-corrected chi connectivity index (χ1v) is 8.95. The van der Waals surface area contributed by atoms with Gasteiger partial charge in [-0.15, -0.1) is 0 Å². The molecule has 12 heteroatoms. The summed E-state index contributed by atoms with van der Waals surface area (Å²) in [6.07, 6.45) is 0. The molecule has 146 valence electrons. The molecule has 6 nitrogen and oxygen atoms in total. The zero-order valence-electron chi connectivity index (χ0n) is 13.2. The van der Waals surface area contributed by atoms with Crippen molar-refractivity contribution in [2.75, 3.05) is 18.6 Å². The first kappa shape index (κ1) is 23.4. The molecule has 2 aromatic rings. The zero-order valence-corrected chi connectivity index (χ0v) is 17.9. The molecule has 0 amide bonds. The number of hydrogen-bond donors (Lipinski definition) is 3. The SMILES string of the molecule is COC(=O)c1cc(Cl)c(Br)c(F)c1N.Nc1c(C(=O)O)cc(Cl)c(Br)c1F. The minimum Gasteiger partial charge on any atom is -0.478 e. The molecular weight excluding hydrogens is 541 g/mol. The number of carboxylic acids is 1. The van der Waals surface area contributed by atoms with Crippen molar-refractivity contribution in [2.24, 2.45) is 0 Å². The second kappa shape index (κ2) is 9.54. The van der Waals surface area contributed by atoms with E-state index in [2.05, 4.69) is 36.6 Å². The molecule has 27 heavy (non-hydrogen) atoms. The molecule has 0 radical (unpaired) electrons. The maximum absolute atomic E-state index is 13.3. The number of aromatic carboxylic acids is 1. The highest BCUT2D eigenvalue weighted by molar-refractivity contribution is 9.10. The molecular formula is C15H10Br2Cl2F2N2O4. The lowest BCUT2D eigenvalue weighted by Gasteiger charge is -2.07. The van der Waals surface area contributed by atoms with Crippen molar-refractivity contribution in [3.8, 4) is 0 Å². The molecule has 0 aliphatic heterocycles. The van der Waals surface area contributed by atoms with Crippen LogP contribution in [0.15, 0.2) is 21.1 Å². The average Bonchev–Trinajstić information content (AvgIpc) is 2.63. The van der Waals surface area contributed by atoms with Gasteiger partial charge in [0.25, 0.3) is 0 Å². The van der Waals surface area contributed by atoms with Crippen molar-refractivity contribution in [1.29, 1.82) is 0 Å². The Kier molecular flexibility index (Phi) is 8.27. The van der Waals surface area contributed by atoms with Crippen LogP contribution in [0.2, 0.25) is 10.0 Å². The molecule has 0 saturated heterocycles. The Balaban J connectivity index is 0.000000271. The largest absolute Gasteiger partial charge is 0.478 e. The lowest BCUT2D eigenvalue weighted by molar-refractivity contribution is 0.0600. The molecule has 0 atom stereocenters. The van der Waals surface area contributed by atoms with E-state index in [1.54, 1.807) is 0 Å². The van der Waals surface area contributed by atoms with E-state index in [4.69, 9.17) is 39.8 Å². The third kappa shape index (κ3) is 5.22. The Morgan fingerprint density at radius 3 is 1.74 bits per heavy atom. The molecule has 0 spiro atoms. The number of nitrogen functional groups attached to an aromatic ring is 2. The van der Waals surface area contributed by atoms with Gasteiger partial charge in [-0.05, 0) is 44.0 Å². The maximum atomic E-state index is 13.3. The second-order valence-corrected chi connectivity index (χ2v) is 7.09. The van der Waals surface area contributed by atoms with E-state index >= 15 is 0 Å². The Morgan fingerprint density at radius 2 is 1.37 bits per heavy atom. The van der Waals surface area contributed by atoms with E-state index in [-0.39, 0.29) is 35.8 Å². The molecule has 0 unspecified atom stereocenters. The molecule has 0 aromatic heterocycles. The summed E-state index contributed by atoms with van der Waals surface area (Å²) >= 11 is 16.9.